The summed E-state index contributed by atoms with van der Waals surface area (Å²) in [6, 6.07) is 0. The first-order valence-electron chi connectivity index (χ1n) is 10.8. The Bertz CT molecular complexity index is 425. The van der Waals surface area contributed by atoms with E-state index in [1.165, 1.54) is 69.8 Å². The van der Waals surface area contributed by atoms with Gasteiger partial charge in [-0.25, -0.2) is 0 Å². The molecule has 0 aromatic heterocycles. The summed E-state index contributed by atoms with van der Waals surface area (Å²) in [5.74, 6) is 1.41. The molecule has 0 aromatic rings. The molecule has 1 heterocycles. The van der Waals surface area contributed by atoms with Crippen molar-refractivity contribution in [3.05, 3.63) is 23.8 Å². The van der Waals surface area contributed by atoms with Crippen LogP contribution in [0.4, 0.5) is 0 Å². The Morgan fingerprint density at radius 3 is 1.76 bits per heavy atom. The lowest BCUT2D eigenvalue weighted by atomic mass is 9.77. The molecule has 3 fully saturated rings. The number of ether oxygens (including phenoxy) is 2. The summed E-state index contributed by atoms with van der Waals surface area (Å²) in [6.07, 6.45) is 18.4. The standard InChI is InChI=1S/C23H38O2/c1-17(2)11-10-12-18(3)23-24-21(19-13-6-4-7-14-19)22(25-23)20-15-8-5-9-16-20/h11,19-23H,3-10,12-16H2,1-2H3. The normalized spacial score (nSPS) is 31.8. The Morgan fingerprint density at radius 2 is 1.32 bits per heavy atom. The van der Waals surface area contributed by atoms with Crippen molar-refractivity contribution in [2.75, 3.05) is 0 Å². The summed E-state index contributed by atoms with van der Waals surface area (Å²) in [6.45, 7) is 8.63. The minimum absolute atomic E-state index is 0.163. The second-order valence-electron chi connectivity index (χ2n) is 8.81. The van der Waals surface area contributed by atoms with Gasteiger partial charge in [-0.15, -0.1) is 0 Å². The molecule has 1 saturated heterocycles. The number of hydrogen-bond donors (Lipinski definition) is 0. The molecule has 2 nitrogen and oxygen atoms in total. The van der Waals surface area contributed by atoms with E-state index in [1.54, 1.807) is 0 Å². The molecule has 3 rings (SSSR count). The maximum absolute atomic E-state index is 6.54. The van der Waals surface area contributed by atoms with Gasteiger partial charge in [0.25, 0.3) is 0 Å². The summed E-state index contributed by atoms with van der Waals surface area (Å²) in [4.78, 5) is 0. The van der Waals surface area contributed by atoms with Crippen LogP contribution in [0.3, 0.4) is 0 Å². The van der Waals surface area contributed by atoms with Crippen LogP contribution in [0.15, 0.2) is 23.8 Å². The van der Waals surface area contributed by atoms with Crippen LogP contribution in [-0.2, 0) is 9.47 Å². The SMILES string of the molecule is C=C(CCC=C(C)C)C1OC(C2CCCCC2)C(C2CCCCC2)O1. The summed E-state index contributed by atoms with van der Waals surface area (Å²) >= 11 is 0. The average molecular weight is 347 g/mol. The van der Waals surface area contributed by atoms with E-state index in [9.17, 15) is 0 Å². The van der Waals surface area contributed by atoms with Crippen molar-refractivity contribution in [1.29, 1.82) is 0 Å². The highest BCUT2D eigenvalue weighted by Crippen LogP contribution is 2.42. The van der Waals surface area contributed by atoms with Gasteiger partial charge in [0.15, 0.2) is 6.29 Å². The van der Waals surface area contributed by atoms with E-state index in [0.717, 1.165) is 18.4 Å². The highest BCUT2D eigenvalue weighted by Gasteiger charge is 2.45. The quantitative estimate of drug-likeness (QED) is 0.507. The van der Waals surface area contributed by atoms with Crippen LogP contribution in [0.25, 0.3) is 0 Å². The van der Waals surface area contributed by atoms with Crippen molar-refractivity contribution in [1.82, 2.24) is 0 Å². The van der Waals surface area contributed by atoms with Crippen LogP contribution < -0.4 is 0 Å². The first-order valence-corrected chi connectivity index (χ1v) is 10.8. The number of hydrogen-bond acceptors (Lipinski definition) is 2. The zero-order chi connectivity index (χ0) is 17.6. The third kappa shape index (κ3) is 5.20. The second-order valence-corrected chi connectivity index (χ2v) is 8.81. The van der Waals surface area contributed by atoms with E-state index in [0.29, 0.717) is 24.0 Å². The average Bonchev–Trinajstić information content (AvgIpc) is 3.08. The fraction of sp³-hybridized carbons (Fsp3) is 0.826. The molecule has 0 N–H and O–H groups in total. The predicted octanol–water partition coefficient (Wildman–Crippen LogP) is 6.56. The van der Waals surface area contributed by atoms with Gasteiger partial charge >= 0.3 is 0 Å². The van der Waals surface area contributed by atoms with Crippen molar-refractivity contribution in [2.45, 2.75) is 109 Å². The molecule has 0 amide bonds. The van der Waals surface area contributed by atoms with Gasteiger partial charge in [0, 0.05) is 0 Å². The van der Waals surface area contributed by atoms with Crippen LogP contribution in [0.5, 0.6) is 0 Å². The maximum Gasteiger partial charge on any atom is 0.180 e. The Labute approximate surface area is 155 Å². The Balaban J connectivity index is 1.63. The van der Waals surface area contributed by atoms with Gasteiger partial charge in [-0.05, 0) is 69.8 Å². The summed E-state index contributed by atoms with van der Waals surface area (Å²) in [5, 5.41) is 0. The van der Waals surface area contributed by atoms with Gasteiger partial charge in [-0.3, -0.25) is 0 Å². The minimum Gasteiger partial charge on any atom is -0.342 e. The van der Waals surface area contributed by atoms with Gasteiger partial charge in [0.1, 0.15) is 0 Å². The van der Waals surface area contributed by atoms with Crippen LogP contribution >= 0.6 is 0 Å². The van der Waals surface area contributed by atoms with Gasteiger partial charge in [-0.1, -0.05) is 56.8 Å². The molecule has 1 aliphatic heterocycles. The molecule has 2 unspecified atom stereocenters. The van der Waals surface area contributed by atoms with Crippen LogP contribution in [0.2, 0.25) is 0 Å². The Morgan fingerprint density at radius 1 is 0.840 bits per heavy atom. The van der Waals surface area contributed by atoms with Gasteiger partial charge in [0.2, 0.25) is 0 Å². The van der Waals surface area contributed by atoms with E-state index >= 15 is 0 Å². The zero-order valence-electron chi connectivity index (χ0n) is 16.5. The fourth-order valence-electron chi connectivity index (χ4n) is 5.01. The summed E-state index contributed by atoms with van der Waals surface area (Å²) < 4.78 is 13.1. The van der Waals surface area contributed by atoms with E-state index in [1.807, 2.05) is 0 Å². The predicted molar refractivity (Wildman–Crippen MR) is 104 cm³/mol. The summed E-state index contributed by atoms with van der Waals surface area (Å²) in [7, 11) is 0. The Hall–Kier alpha value is -0.600. The van der Waals surface area contributed by atoms with Crippen LogP contribution in [0, 0.1) is 11.8 Å². The largest absolute Gasteiger partial charge is 0.342 e. The molecule has 2 heteroatoms. The monoisotopic (exact) mass is 346 g/mol. The molecule has 3 aliphatic rings. The molecular weight excluding hydrogens is 308 g/mol. The van der Waals surface area contributed by atoms with Crippen molar-refractivity contribution in [3.8, 4) is 0 Å². The number of allylic oxidation sites excluding steroid dienone is 2. The van der Waals surface area contributed by atoms with E-state index < -0.39 is 0 Å². The fourth-order valence-corrected chi connectivity index (χ4v) is 5.01. The third-order valence-corrected chi connectivity index (χ3v) is 6.47. The highest BCUT2D eigenvalue weighted by molar-refractivity contribution is 5.06. The van der Waals surface area contributed by atoms with E-state index in [2.05, 4.69) is 26.5 Å². The molecule has 0 radical (unpaired) electrons. The first kappa shape index (κ1) is 19.2. The second kappa shape index (κ2) is 9.37. The van der Waals surface area contributed by atoms with Crippen molar-refractivity contribution >= 4 is 0 Å². The lowest BCUT2D eigenvalue weighted by molar-refractivity contribution is -0.0530. The minimum atomic E-state index is -0.163. The van der Waals surface area contributed by atoms with Crippen molar-refractivity contribution in [3.63, 3.8) is 0 Å². The molecule has 25 heavy (non-hydrogen) atoms. The van der Waals surface area contributed by atoms with E-state index in [-0.39, 0.29) is 6.29 Å². The van der Waals surface area contributed by atoms with Gasteiger partial charge < -0.3 is 9.47 Å². The highest BCUT2D eigenvalue weighted by atomic mass is 16.7. The topological polar surface area (TPSA) is 18.5 Å². The lowest BCUT2D eigenvalue weighted by Crippen LogP contribution is -2.38. The van der Waals surface area contributed by atoms with Gasteiger partial charge in [0.05, 0.1) is 12.2 Å². The molecule has 2 atom stereocenters. The van der Waals surface area contributed by atoms with Crippen molar-refractivity contribution < 1.29 is 9.47 Å². The first-order chi connectivity index (χ1) is 12.1. The zero-order valence-corrected chi connectivity index (χ0v) is 16.5. The molecule has 0 aromatic carbocycles. The maximum atomic E-state index is 6.54. The smallest absolute Gasteiger partial charge is 0.180 e. The lowest BCUT2D eigenvalue weighted by Gasteiger charge is -2.34. The number of rotatable bonds is 6. The molecule has 2 aliphatic carbocycles. The van der Waals surface area contributed by atoms with E-state index in [4.69, 9.17) is 9.47 Å². The third-order valence-electron chi connectivity index (χ3n) is 6.47. The molecular formula is C23H38O2. The molecule has 2 saturated carbocycles. The van der Waals surface area contributed by atoms with Gasteiger partial charge in [-0.2, -0.15) is 0 Å². The molecule has 142 valence electrons. The Kier molecular flexibility index (Phi) is 7.18. The van der Waals surface area contributed by atoms with Crippen LogP contribution in [-0.4, -0.2) is 18.5 Å². The molecule has 0 spiro atoms. The molecule has 0 bridgehead atoms. The summed E-state index contributed by atoms with van der Waals surface area (Å²) in [5.41, 5.74) is 2.51. The van der Waals surface area contributed by atoms with Crippen molar-refractivity contribution in [2.24, 2.45) is 11.8 Å². The van der Waals surface area contributed by atoms with Crippen LogP contribution in [0.1, 0.15) is 90.9 Å².